The topological polar surface area (TPSA) is 155 Å². The molecule has 2 aliphatic heterocycles. The van der Waals surface area contributed by atoms with Crippen LogP contribution in [0.25, 0.3) is 0 Å². The third-order valence-electron chi connectivity index (χ3n) is 5.64. The quantitative estimate of drug-likeness (QED) is 0.420. The van der Waals surface area contributed by atoms with Crippen molar-refractivity contribution in [3.05, 3.63) is 47.5 Å². The average molecular weight is 448 g/mol. The number of ketones is 1. The second kappa shape index (κ2) is 8.93. The van der Waals surface area contributed by atoms with E-state index >= 15 is 0 Å². The number of phenolic OH excluding ortho intramolecular Hbond substituents is 1. The van der Waals surface area contributed by atoms with Crippen molar-refractivity contribution in [3.63, 3.8) is 0 Å². The van der Waals surface area contributed by atoms with Gasteiger partial charge in [0.2, 0.25) is 6.29 Å². The van der Waals surface area contributed by atoms with Gasteiger partial charge in [0, 0.05) is 12.1 Å². The van der Waals surface area contributed by atoms with E-state index in [-0.39, 0.29) is 35.2 Å². The van der Waals surface area contributed by atoms with Gasteiger partial charge in [-0.3, -0.25) is 4.79 Å². The number of aliphatic hydroxyl groups excluding tert-OH is 4. The highest BCUT2D eigenvalue weighted by Crippen LogP contribution is 2.41. The molecule has 172 valence electrons. The number of aliphatic hydroxyl groups is 4. The lowest BCUT2D eigenvalue weighted by atomic mass is 9.88. The number of ether oxygens (including phenoxy) is 4. The molecule has 1 unspecified atom stereocenters. The van der Waals surface area contributed by atoms with E-state index in [0.29, 0.717) is 11.3 Å². The lowest BCUT2D eigenvalue weighted by Crippen LogP contribution is -2.60. The predicted molar refractivity (Wildman–Crippen MR) is 108 cm³/mol. The highest BCUT2D eigenvalue weighted by atomic mass is 16.7. The van der Waals surface area contributed by atoms with Crippen LogP contribution in [-0.4, -0.2) is 82.3 Å². The standard InChI is InChI=1S/C22H24O10/c1-29-11-4-2-10(3-5-11)13-9-30-15-7-12(6-14(24)17(15)18(13)25)31-22-21(28)20(27)19(26)16(8-23)32-22/h2-7,13,16,19-24,26-28H,8-9H2,1H3/t13?,16-,19-,20+,21-,22-/m1/s1. The van der Waals surface area contributed by atoms with E-state index in [1.807, 2.05) is 0 Å². The number of aromatic hydroxyl groups is 1. The van der Waals surface area contributed by atoms with E-state index in [1.165, 1.54) is 6.07 Å². The number of benzene rings is 2. The van der Waals surface area contributed by atoms with E-state index in [2.05, 4.69) is 0 Å². The van der Waals surface area contributed by atoms with Crippen molar-refractivity contribution in [2.24, 2.45) is 0 Å². The Kier molecular flexibility index (Phi) is 6.22. The van der Waals surface area contributed by atoms with Crippen molar-refractivity contribution >= 4 is 5.78 Å². The molecule has 0 aliphatic carbocycles. The van der Waals surface area contributed by atoms with Gasteiger partial charge in [-0.05, 0) is 17.7 Å². The van der Waals surface area contributed by atoms with Gasteiger partial charge in [0.25, 0.3) is 0 Å². The first-order valence-corrected chi connectivity index (χ1v) is 9.99. The van der Waals surface area contributed by atoms with E-state index in [4.69, 9.17) is 18.9 Å². The minimum Gasteiger partial charge on any atom is -0.507 e. The molecule has 0 aromatic heterocycles. The van der Waals surface area contributed by atoms with Crippen molar-refractivity contribution in [1.82, 2.24) is 0 Å². The molecule has 0 radical (unpaired) electrons. The Morgan fingerprint density at radius 3 is 2.41 bits per heavy atom. The van der Waals surface area contributed by atoms with Crippen molar-refractivity contribution in [3.8, 4) is 23.0 Å². The second-order valence-corrected chi connectivity index (χ2v) is 7.63. The minimum atomic E-state index is -1.62. The molecule has 0 amide bonds. The number of hydrogen-bond donors (Lipinski definition) is 5. The molecule has 6 atom stereocenters. The number of carbonyl (C=O) groups is 1. The fourth-order valence-electron chi connectivity index (χ4n) is 3.81. The van der Waals surface area contributed by atoms with Crippen LogP contribution in [-0.2, 0) is 4.74 Å². The number of fused-ring (bicyclic) bond motifs is 1. The molecule has 10 heteroatoms. The normalized spacial score (nSPS) is 29.7. The van der Waals surface area contributed by atoms with Gasteiger partial charge >= 0.3 is 0 Å². The van der Waals surface area contributed by atoms with Gasteiger partial charge in [0.1, 0.15) is 59.6 Å². The van der Waals surface area contributed by atoms with Crippen molar-refractivity contribution in [2.45, 2.75) is 36.6 Å². The zero-order chi connectivity index (χ0) is 23.0. The Morgan fingerprint density at radius 1 is 1.03 bits per heavy atom. The van der Waals surface area contributed by atoms with Gasteiger partial charge in [-0.2, -0.15) is 0 Å². The molecule has 0 spiro atoms. The first-order chi connectivity index (χ1) is 15.3. The van der Waals surface area contributed by atoms with Crippen LogP contribution in [0.2, 0.25) is 0 Å². The Bertz CT molecular complexity index is 973. The van der Waals surface area contributed by atoms with Gasteiger partial charge in [0.05, 0.1) is 19.6 Å². The highest BCUT2D eigenvalue weighted by molar-refractivity contribution is 6.06. The van der Waals surface area contributed by atoms with Gasteiger partial charge in [-0.1, -0.05) is 12.1 Å². The molecule has 10 nitrogen and oxygen atoms in total. The van der Waals surface area contributed by atoms with Gasteiger partial charge < -0.3 is 44.5 Å². The summed E-state index contributed by atoms with van der Waals surface area (Å²) in [4.78, 5) is 13.0. The Labute approximate surface area is 183 Å². The number of hydrogen-bond acceptors (Lipinski definition) is 10. The molecule has 2 heterocycles. The largest absolute Gasteiger partial charge is 0.507 e. The molecule has 2 aromatic carbocycles. The van der Waals surface area contributed by atoms with Crippen molar-refractivity contribution in [2.75, 3.05) is 20.3 Å². The summed E-state index contributed by atoms with van der Waals surface area (Å²) < 4.78 is 21.7. The van der Waals surface area contributed by atoms with E-state index < -0.39 is 43.2 Å². The Balaban J connectivity index is 1.55. The summed E-state index contributed by atoms with van der Waals surface area (Å²) in [6, 6.07) is 9.49. The van der Waals surface area contributed by atoms with Crippen LogP contribution >= 0.6 is 0 Å². The highest BCUT2D eigenvalue weighted by Gasteiger charge is 2.45. The SMILES string of the molecule is COc1ccc(C2COc3cc(O[C@@H]4O[C@H](CO)[C@@H](O)[C@H](O)[C@H]4O)cc(O)c3C2=O)cc1. The zero-order valence-corrected chi connectivity index (χ0v) is 17.1. The number of Topliss-reactive ketones (excluding diaryl/α,β-unsaturated/α-hetero) is 1. The van der Waals surface area contributed by atoms with Crippen molar-refractivity contribution < 1.29 is 49.3 Å². The summed E-state index contributed by atoms with van der Waals surface area (Å²) >= 11 is 0. The summed E-state index contributed by atoms with van der Waals surface area (Å²) in [6.07, 6.45) is -7.34. The maximum Gasteiger partial charge on any atom is 0.229 e. The zero-order valence-electron chi connectivity index (χ0n) is 17.1. The van der Waals surface area contributed by atoms with Gasteiger partial charge in [-0.15, -0.1) is 0 Å². The smallest absolute Gasteiger partial charge is 0.229 e. The molecule has 32 heavy (non-hydrogen) atoms. The monoisotopic (exact) mass is 448 g/mol. The molecule has 2 aliphatic rings. The van der Waals surface area contributed by atoms with E-state index in [1.54, 1.807) is 31.4 Å². The van der Waals surface area contributed by atoms with E-state index in [9.17, 15) is 30.3 Å². The van der Waals surface area contributed by atoms with Crippen LogP contribution < -0.4 is 14.2 Å². The fourth-order valence-corrected chi connectivity index (χ4v) is 3.81. The maximum absolute atomic E-state index is 13.0. The third-order valence-corrected chi connectivity index (χ3v) is 5.64. The number of methoxy groups -OCH3 is 1. The summed E-state index contributed by atoms with van der Waals surface area (Å²) in [7, 11) is 1.54. The van der Waals surface area contributed by atoms with Gasteiger partial charge in [-0.25, -0.2) is 0 Å². The maximum atomic E-state index is 13.0. The average Bonchev–Trinajstić information content (AvgIpc) is 2.79. The van der Waals surface area contributed by atoms with Crippen LogP contribution in [0.4, 0.5) is 0 Å². The third kappa shape index (κ3) is 3.98. The molecular formula is C22H24O10. The summed E-state index contributed by atoms with van der Waals surface area (Å²) in [5.74, 6) is -0.577. The Morgan fingerprint density at radius 2 is 1.75 bits per heavy atom. The van der Waals surface area contributed by atoms with Crippen molar-refractivity contribution in [1.29, 1.82) is 0 Å². The lowest BCUT2D eigenvalue weighted by Gasteiger charge is -2.39. The molecule has 0 saturated carbocycles. The lowest BCUT2D eigenvalue weighted by molar-refractivity contribution is -0.277. The Hall–Kier alpha value is -2.89. The molecule has 0 bridgehead atoms. The van der Waals surface area contributed by atoms with Crippen LogP contribution in [0, 0.1) is 0 Å². The predicted octanol–water partition coefficient (Wildman–Crippen LogP) is -0.0616. The van der Waals surface area contributed by atoms with Crippen LogP contribution in [0.1, 0.15) is 21.8 Å². The minimum absolute atomic E-state index is 0.00118. The second-order valence-electron chi connectivity index (χ2n) is 7.63. The number of rotatable bonds is 5. The first-order valence-electron chi connectivity index (χ1n) is 9.99. The summed E-state index contributed by atoms with van der Waals surface area (Å²) in [5, 5.41) is 49.7. The molecule has 4 rings (SSSR count). The first kappa shape index (κ1) is 22.3. The van der Waals surface area contributed by atoms with Crippen LogP contribution in [0.5, 0.6) is 23.0 Å². The van der Waals surface area contributed by atoms with E-state index in [0.717, 1.165) is 6.07 Å². The molecular weight excluding hydrogens is 424 g/mol. The molecule has 2 aromatic rings. The summed E-state index contributed by atoms with van der Waals surface area (Å²) in [6.45, 7) is -0.564. The number of carbonyl (C=O) groups excluding carboxylic acids is 1. The van der Waals surface area contributed by atoms with Crippen LogP contribution in [0.15, 0.2) is 36.4 Å². The summed E-state index contributed by atoms with van der Waals surface area (Å²) in [5.41, 5.74) is 0.709. The number of phenols is 1. The molecule has 1 fully saturated rings. The van der Waals surface area contributed by atoms with Gasteiger partial charge in [0.15, 0.2) is 5.78 Å². The molecule has 1 saturated heterocycles. The fraction of sp³-hybridized carbons (Fsp3) is 0.409. The van der Waals surface area contributed by atoms with Crippen LogP contribution in [0.3, 0.4) is 0 Å². The molecule has 5 N–H and O–H groups in total.